The molecule has 4 heteroatoms. The molecule has 0 heterocycles. The number of aromatic hydroxyl groups is 1. The fourth-order valence-electron chi connectivity index (χ4n) is 1.73. The monoisotopic (exact) mass is 270 g/mol. The second-order valence-electron chi connectivity index (χ2n) is 4.18. The average molecular weight is 270 g/mol. The Morgan fingerprint density at radius 1 is 1.05 bits per heavy atom. The van der Waals surface area contributed by atoms with Crippen LogP contribution >= 0.6 is 0 Å². The molecule has 2 aromatic carbocycles. The Morgan fingerprint density at radius 3 is 2.40 bits per heavy atom. The molecular weight excluding hydrogens is 256 g/mol. The maximum Gasteiger partial charge on any atom is 0.311 e. The Morgan fingerprint density at radius 2 is 1.75 bits per heavy atom. The summed E-state index contributed by atoms with van der Waals surface area (Å²) in [6, 6.07) is 13.1. The maximum atomic E-state index is 12.3. The van der Waals surface area contributed by atoms with Crippen LogP contribution in [0.5, 0.6) is 11.5 Å². The van der Waals surface area contributed by atoms with E-state index in [4.69, 9.17) is 4.74 Å². The number of hydrogen-bond donors (Lipinski definition) is 1. The van der Waals surface area contributed by atoms with E-state index in [1.54, 1.807) is 43.3 Å². The van der Waals surface area contributed by atoms with Gasteiger partial charge in [0.15, 0.2) is 17.3 Å². The van der Waals surface area contributed by atoms with Crippen LogP contribution in [0.4, 0.5) is 0 Å². The number of ether oxygens (including phenoxy) is 1. The van der Waals surface area contributed by atoms with Crippen LogP contribution in [0, 0.1) is 0 Å². The summed E-state index contributed by atoms with van der Waals surface area (Å²) < 4.78 is 4.98. The van der Waals surface area contributed by atoms with Crippen LogP contribution in [0.3, 0.4) is 0 Å². The number of esters is 1. The molecule has 0 atom stereocenters. The fraction of sp³-hybridized carbons (Fsp3) is 0.125. The Balaban J connectivity index is 2.36. The highest BCUT2D eigenvalue weighted by molar-refractivity contribution is 6.11. The van der Waals surface area contributed by atoms with Crippen molar-refractivity contribution >= 4 is 11.8 Å². The zero-order valence-electron chi connectivity index (χ0n) is 11.0. The topological polar surface area (TPSA) is 63.6 Å². The molecule has 0 spiro atoms. The first kappa shape index (κ1) is 13.8. The molecule has 1 N–H and O–H groups in total. The third-order valence-electron chi connectivity index (χ3n) is 2.79. The standard InChI is InChI=1S/C16H14O4/c1-2-14(17)20-13-10-6-9-12(16(13)19)15(18)11-7-4-3-5-8-11/h3-10,19H,2H2,1H3. The van der Waals surface area contributed by atoms with Gasteiger partial charge in [0.1, 0.15) is 0 Å². The molecule has 2 rings (SSSR count). The van der Waals surface area contributed by atoms with Gasteiger partial charge in [-0.05, 0) is 12.1 Å². The second-order valence-corrected chi connectivity index (χ2v) is 4.18. The van der Waals surface area contributed by atoms with Gasteiger partial charge in [-0.1, -0.05) is 43.3 Å². The van der Waals surface area contributed by atoms with Crippen LogP contribution in [0.2, 0.25) is 0 Å². The van der Waals surface area contributed by atoms with E-state index >= 15 is 0 Å². The number of carbonyl (C=O) groups is 2. The summed E-state index contributed by atoms with van der Waals surface area (Å²) in [7, 11) is 0. The third-order valence-corrected chi connectivity index (χ3v) is 2.79. The number of para-hydroxylation sites is 1. The number of benzene rings is 2. The molecule has 0 saturated carbocycles. The number of phenolic OH excluding ortho intramolecular Hbond substituents is 1. The van der Waals surface area contributed by atoms with Gasteiger partial charge in [-0.2, -0.15) is 0 Å². The van der Waals surface area contributed by atoms with Gasteiger partial charge in [-0.25, -0.2) is 0 Å². The molecule has 4 nitrogen and oxygen atoms in total. The molecule has 0 aliphatic rings. The highest BCUT2D eigenvalue weighted by Gasteiger charge is 2.17. The van der Waals surface area contributed by atoms with Crippen LogP contribution in [0.15, 0.2) is 48.5 Å². The minimum Gasteiger partial charge on any atom is -0.504 e. The zero-order chi connectivity index (χ0) is 14.5. The van der Waals surface area contributed by atoms with Crippen molar-refractivity contribution in [3.63, 3.8) is 0 Å². The average Bonchev–Trinajstić information content (AvgIpc) is 2.49. The maximum absolute atomic E-state index is 12.3. The van der Waals surface area contributed by atoms with Crippen molar-refractivity contribution in [1.29, 1.82) is 0 Å². The number of phenols is 1. The van der Waals surface area contributed by atoms with Crippen molar-refractivity contribution in [1.82, 2.24) is 0 Å². The predicted octanol–water partition coefficient (Wildman–Crippen LogP) is 2.94. The van der Waals surface area contributed by atoms with Gasteiger partial charge >= 0.3 is 5.97 Å². The quantitative estimate of drug-likeness (QED) is 0.527. The summed E-state index contributed by atoms with van der Waals surface area (Å²) in [6.45, 7) is 1.65. The number of rotatable bonds is 4. The van der Waals surface area contributed by atoms with Crippen molar-refractivity contribution in [2.45, 2.75) is 13.3 Å². The first-order valence-corrected chi connectivity index (χ1v) is 6.26. The summed E-state index contributed by atoms with van der Waals surface area (Å²) in [5, 5.41) is 10.1. The lowest BCUT2D eigenvalue weighted by Crippen LogP contribution is -2.07. The van der Waals surface area contributed by atoms with E-state index in [0.29, 0.717) is 5.56 Å². The molecular formula is C16H14O4. The molecule has 20 heavy (non-hydrogen) atoms. The van der Waals surface area contributed by atoms with Gasteiger partial charge in [0, 0.05) is 12.0 Å². The number of hydrogen-bond acceptors (Lipinski definition) is 4. The largest absolute Gasteiger partial charge is 0.504 e. The first-order valence-electron chi connectivity index (χ1n) is 6.26. The van der Waals surface area contributed by atoms with E-state index in [-0.39, 0.29) is 29.3 Å². The van der Waals surface area contributed by atoms with Crippen LogP contribution in [-0.4, -0.2) is 16.9 Å². The number of ketones is 1. The van der Waals surface area contributed by atoms with Gasteiger partial charge < -0.3 is 9.84 Å². The summed E-state index contributed by atoms with van der Waals surface area (Å²) >= 11 is 0. The Bertz CT molecular complexity index is 632. The van der Waals surface area contributed by atoms with E-state index in [2.05, 4.69) is 0 Å². The summed E-state index contributed by atoms with van der Waals surface area (Å²) in [4.78, 5) is 23.5. The Kier molecular flexibility index (Phi) is 4.15. The van der Waals surface area contributed by atoms with Crippen molar-refractivity contribution in [2.75, 3.05) is 0 Å². The molecule has 0 saturated heterocycles. The minimum absolute atomic E-state index is 0.00127. The molecule has 0 aliphatic heterocycles. The third kappa shape index (κ3) is 2.85. The van der Waals surface area contributed by atoms with Crippen molar-refractivity contribution in [2.24, 2.45) is 0 Å². The van der Waals surface area contributed by atoms with Crippen LogP contribution < -0.4 is 4.74 Å². The molecule has 0 unspecified atom stereocenters. The van der Waals surface area contributed by atoms with Gasteiger partial charge in [-0.15, -0.1) is 0 Å². The van der Waals surface area contributed by atoms with E-state index in [1.165, 1.54) is 12.1 Å². The zero-order valence-corrected chi connectivity index (χ0v) is 11.0. The van der Waals surface area contributed by atoms with E-state index in [0.717, 1.165) is 0 Å². The molecule has 0 aromatic heterocycles. The lowest BCUT2D eigenvalue weighted by atomic mass is 10.0. The lowest BCUT2D eigenvalue weighted by Gasteiger charge is -2.09. The second kappa shape index (κ2) is 6.02. The van der Waals surface area contributed by atoms with E-state index in [1.807, 2.05) is 0 Å². The van der Waals surface area contributed by atoms with Crippen LogP contribution in [-0.2, 0) is 4.79 Å². The molecule has 2 aromatic rings. The first-order chi connectivity index (χ1) is 9.63. The van der Waals surface area contributed by atoms with E-state index in [9.17, 15) is 14.7 Å². The van der Waals surface area contributed by atoms with Crippen molar-refractivity contribution < 1.29 is 19.4 Å². The normalized spacial score (nSPS) is 10.1. The van der Waals surface area contributed by atoms with Crippen molar-refractivity contribution in [3.05, 3.63) is 59.7 Å². The molecule has 0 amide bonds. The smallest absolute Gasteiger partial charge is 0.311 e. The summed E-state index contributed by atoms with van der Waals surface area (Å²) in [6.07, 6.45) is 0.191. The highest BCUT2D eigenvalue weighted by atomic mass is 16.5. The van der Waals surface area contributed by atoms with Gasteiger partial charge in [0.25, 0.3) is 0 Å². The van der Waals surface area contributed by atoms with Gasteiger partial charge in [-0.3, -0.25) is 9.59 Å². The Hall–Kier alpha value is -2.62. The predicted molar refractivity (Wildman–Crippen MR) is 73.9 cm³/mol. The number of carbonyl (C=O) groups excluding carboxylic acids is 2. The molecule has 0 aliphatic carbocycles. The molecule has 0 radical (unpaired) electrons. The van der Waals surface area contributed by atoms with Crippen molar-refractivity contribution in [3.8, 4) is 11.5 Å². The fourth-order valence-corrected chi connectivity index (χ4v) is 1.73. The minimum atomic E-state index is -0.468. The lowest BCUT2D eigenvalue weighted by molar-refractivity contribution is -0.134. The van der Waals surface area contributed by atoms with E-state index < -0.39 is 5.97 Å². The summed E-state index contributed by atoms with van der Waals surface area (Å²) in [5.74, 6) is -1.11. The molecule has 0 fully saturated rings. The van der Waals surface area contributed by atoms with Crippen LogP contribution in [0.25, 0.3) is 0 Å². The van der Waals surface area contributed by atoms with Gasteiger partial charge in [0.2, 0.25) is 0 Å². The van der Waals surface area contributed by atoms with Crippen LogP contribution in [0.1, 0.15) is 29.3 Å². The highest BCUT2D eigenvalue weighted by Crippen LogP contribution is 2.31. The SMILES string of the molecule is CCC(=O)Oc1cccc(C(=O)c2ccccc2)c1O. The summed E-state index contributed by atoms with van der Waals surface area (Å²) in [5.41, 5.74) is 0.569. The molecule has 0 bridgehead atoms. The van der Waals surface area contributed by atoms with Gasteiger partial charge in [0.05, 0.1) is 5.56 Å². The molecule has 102 valence electrons. The Labute approximate surface area is 116 Å².